The maximum absolute atomic E-state index is 13.3. The summed E-state index contributed by atoms with van der Waals surface area (Å²) in [6, 6.07) is 1.68. The van der Waals surface area contributed by atoms with Crippen molar-refractivity contribution in [3.05, 3.63) is 47.8 Å². The summed E-state index contributed by atoms with van der Waals surface area (Å²) < 4.78 is 39.5. The van der Waals surface area contributed by atoms with Gasteiger partial charge in [0.25, 0.3) is 0 Å². The van der Waals surface area contributed by atoms with E-state index in [1.807, 2.05) is 0 Å². The molecule has 1 aliphatic rings. The second kappa shape index (κ2) is 6.12. The van der Waals surface area contributed by atoms with Crippen molar-refractivity contribution in [3.8, 4) is 0 Å². The lowest BCUT2D eigenvalue weighted by Gasteiger charge is -2.31. The van der Waals surface area contributed by atoms with Crippen molar-refractivity contribution >= 4 is 5.91 Å². The summed E-state index contributed by atoms with van der Waals surface area (Å²) in [5.74, 6) is -4.53. The molecule has 120 valence electrons. The molecule has 1 aromatic rings. The molecule has 0 aliphatic heterocycles. The molecule has 0 saturated heterocycles. The first-order valence-corrected chi connectivity index (χ1v) is 7.01. The Balaban J connectivity index is 2.19. The van der Waals surface area contributed by atoms with Gasteiger partial charge in [-0.15, -0.1) is 0 Å². The molecule has 2 rings (SSSR count). The highest BCUT2D eigenvalue weighted by atomic mass is 19.2. The van der Waals surface area contributed by atoms with Gasteiger partial charge in [-0.25, -0.2) is 13.2 Å². The van der Waals surface area contributed by atoms with Crippen LogP contribution in [0.2, 0.25) is 0 Å². The Morgan fingerprint density at radius 2 is 1.95 bits per heavy atom. The number of carbonyl (C=O) groups excluding carboxylic acids is 1. The normalized spacial score (nSPS) is 17.0. The molecule has 1 saturated carbocycles. The summed E-state index contributed by atoms with van der Waals surface area (Å²) in [7, 11) is 0. The van der Waals surface area contributed by atoms with E-state index in [1.165, 1.54) is 4.90 Å². The molecular weight excluding hydrogens is 295 g/mol. The lowest BCUT2D eigenvalue weighted by molar-refractivity contribution is -0.130. The highest BCUT2D eigenvalue weighted by Gasteiger charge is 2.41. The van der Waals surface area contributed by atoms with Crippen LogP contribution in [-0.4, -0.2) is 28.1 Å². The highest BCUT2D eigenvalue weighted by molar-refractivity contribution is 5.87. The van der Waals surface area contributed by atoms with Gasteiger partial charge in [0.05, 0.1) is 12.1 Å². The van der Waals surface area contributed by atoms with Crippen molar-refractivity contribution < 1.29 is 23.1 Å². The van der Waals surface area contributed by atoms with Crippen LogP contribution in [0, 0.1) is 23.4 Å². The first-order chi connectivity index (χ1) is 10.2. The molecule has 0 heterocycles. The van der Waals surface area contributed by atoms with E-state index in [1.54, 1.807) is 6.92 Å². The molecule has 1 amide bonds. The number of benzene rings is 1. The Hall–Kier alpha value is -1.82. The van der Waals surface area contributed by atoms with Crippen LogP contribution < -0.4 is 0 Å². The molecule has 0 spiro atoms. The third-order valence-electron chi connectivity index (χ3n) is 3.87. The van der Waals surface area contributed by atoms with Gasteiger partial charge in [0.15, 0.2) is 17.5 Å². The molecule has 22 heavy (non-hydrogen) atoms. The van der Waals surface area contributed by atoms with Crippen molar-refractivity contribution in [1.29, 1.82) is 0 Å². The van der Waals surface area contributed by atoms with Crippen molar-refractivity contribution in [3.63, 3.8) is 0 Å². The van der Waals surface area contributed by atoms with Gasteiger partial charge in [0.2, 0.25) is 5.91 Å². The third-order valence-corrected chi connectivity index (χ3v) is 3.87. The molecule has 1 N–H and O–H groups in total. The molecule has 1 fully saturated rings. The van der Waals surface area contributed by atoms with Crippen LogP contribution in [0.25, 0.3) is 0 Å². The average Bonchev–Trinajstić information content (AvgIpc) is 3.27. The molecule has 0 aromatic heterocycles. The zero-order valence-electron chi connectivity index (χ0n) is 12.3. The second-order valence-corrected chi connectivity index (χ2v) is 5.90. The molecule has 1 unspecified atom stereocenters. The molecule has 1 atom stereocenters. The van der Waals surface area contributed by atoms with Crippen LogP contribution in [0.4, 0.5) is 13.2 Å². The van der Waals surface area contributed by atoms with Gasteiger partial charge in [-0.1, -0.05) is 6.58 Å². The standard InChI is InChI=1S/C16H18F3NO2/c1-3-14(21)20(9-16(2,22)11-4-5-11)8-10-6-12(17)15(19)13(18)7-10/h3,6-7,11,22H,1,4-5,8-9H2,2H3. The van der Waals surface area contributed by atoms with E-state index in [2.05, 4.69) is 6.58 Å². The van der Waals surface area contributed by atoms with E-state index in [4.69, 9.17) is 0 Å². The summed E-state index contributed by atoms with van der Waals surface area (Å²) in [4.78, 5) is 13.2. The SMILES string of the molecule is C=CC(=O)N(Cc1cc(F)c(F)c(F)c1)CC(C)(O)C1CC1. The number of hydrogen-bond donors (Lipinski definition) is 1. The van der Waals surface area contributed by atoms with Gasteiger partial charge in [-0.3, -0.25) is 4.79 Å². The van der Waals surface area contributed by atoms with E-state index in [0.29, 0.717) is 0 Å². The van der Waals surface area contributed by atoms with Gasteiger partial charge in [0, 0.05) is 6.54 Å². The highest BCUT2D eigenvalue weighted by Crippen LogP contribution is 2.40. The number of nitrogens with zero attached hydrogens (tertiary/aromatic N) is 1. The summed E-state index contributed by atoms with van der Waals surface area (Å²) in [5.41, 5.74) is -0.964. The summed E-state index contributed by atoms with van der Waals surface area (Å²) >= 11 is 0. The quantitative estimate of drug-likeness (QED) is 0.648. The zero-order chi connectivity index (χ0) is 16.5. The van der Waals surface area contributed by atoms with Crippen molar-refractivity contribution in [2.24, 2.45) is 5.92 Å². The first-order valence-electron chi connectivity index (χ1n) is 7.01. The van der Waals surface area contributed by atoms with Crippen molar-refractivity contribution in [2.75, 3.05) is 6.54 Å². The predicted octanol–water partition coefficient (Wildman–Crippen LogP) is 2.78. The third kappa shape index (κ3) is 3.68. The molecule has 3 nitrogen and oxygen atoms in total. The average molecular weight is 313 g/mol. The second-order valence-electron chi connectivity index (χ2n) is 5.90. The molecule has 1 aromatic carbocycles. The van der Waals surface area contributed by atoms with E-state index in [9.17, 15) is 23.1 Å². The minimum absolute atomic E-state index is 0.0170. The van der Waals surface area contributed by atoms with Crippen LogP contribution in [0.5, 0.6) is 0 Å². The Morgan fingerprint density at radius 1 is 1.41 bits per heavy atom. The maximum atomic E-state index is 13.3. The van der Waals surface area contributed by atoms with E-state index in [-0.39, 0.29) is 24.6 Å². The number of carbonyl (C=O) groups is 1. The minimum atomic E-state index is -1.55. The number of rotatable bonds is 6. The number of halogens is 3. The largest absolute Gasteiger partial charge is 0.388 e. The number of aliphatic hydroxyl groups is 1. The van der Waals surface area contributed by atoms with Crippen LogP contribution in [0.3, 0.4) is 0 Å². The molecule has 0 bridgehead atoms. The Kier molecular flexibility index (Phi) is 4.60. The van der Waals surface area contributed by atoms with Gasteiger partial charge in [-0.05, 0) is 49.5 Å². The maximum Gasteiger partial charge on any atom is 0.246 e. The lowest BCUT2D eigenvalue weighted by Crippen LogP contribution is -2.44. The molecule has 6 heteroatoms. The Bertz CT molecular complexity index is 574. The molecule has 1 aliphatic carbocycles. The van der Waals surface area contributed by atoms with E-state index < -0.39 is 29.0 Å². The van der Waals surface area contributed by atoms with E-state index >= 15 is 0 Å². The Labute approximate surface area is 127 Å². The predicted molar refractivity (Wildman–Crippen MR) is 75.3 cm³/mol. The van der Waals surface area contributed by atoms with Crippen molar-refractivity contribution in [1.82, 2.24) is 4.90 Å². The van der Waals surface area contributed by atoms with E-state index in [0.717, 1.165) is 31.1 Å². The van der Waals surface area contributed by atoms with Crippen LogP contribution in [-0.2, 0) is 11.3 Å². The molecular formula is C16H18F3NO2. The summed E-state index contributed by atoms with van der Waals surface area (Å²) in [6.45, 7) is 4.89. The smallest absolute Gasteiger partial charge is 0.246 e. The van der Waals surface area contributed by atoms with Crippen LogP contribution >= 0.6 is 0 Å². The first kappa shape index (κ1) is 16.5. The summed E-state index contributed by atoms with van der Waals surface area (Å²) in [6.07, 6.45) is 2.82. The Morgan fingerprint density at radius 3 is 2.41 bits per heavy atom. The van der Waals surface area contributed by atoms with Gasteiger partial charge < -0.3 is 10.0 Å². The monoisotopic (exact) mass is 313 g/mol. The number of amides is 1. The fourth-order valence-electron chi connectivity index (χ4n) is 2.48. The number of hydrogen-bond acceptors (Lipinski definition) is 2. The van der Waals surface area contributed by atoms with Crippen LogP contribution in [0.15, 0.2) is 24.8 Å². The van der Waals surface area contributed by atoms with Gasteiger partial charge in [-0.2, -0.15) is 0 Å². The fraction of sp³-hybridized carbons (Fsp3) is 0.438. The lowest BCUT2D eigenvalue weighted by atomic mass is 9.99. The van der Waals surface area contributed by atoms with Crippen LogP contribution in [0.1, 0.15) is 25.3 Å². The summed E-state index contributed by atoms with van der Waals surface area (Å²) in [5, 5.41) is 10.4. The fourth-order valence-corrected chi connectivity index (χ4v) is 2.48. The van der Waals surface area contributed by atoms with Gasteiger partial charge in [0.1, 0.15) is 0 Å². The minimum Gasteiger partial charge on any atom is -0.388 e. The van der Waals surface area contributed by atoms with Gasteiger partial charge >= 0.3 is 0 Å². The van der Waals surface area contributed by atoms with Crippen molar-refractivity contribution in [2.45, 2.75) is 31.9 Å². The zero-order valence-corrected chi connectivity index (χ0v) is 12.3. The topological polar surface area (TPSA) is 40.5 Å². The molecule has 0 radical (unpaired) electrons.